The van der Waals surface area contributed by atoms with E-state index in [-0.39, 0.29) is 0 Å². The molecule has 1 fully saturated rings. The summed E-state index contributed by atoms with van der Waals surface area (Å²) in [4.78, 5) is 0. The Hall–Kier alpha value is -1.02. The van der Waals surface area contributed by atoms with Gasteiger partial charge in [0.25, 0.3) is 0 Å². The van der Waals surface area contributed by atoms with Gasteiger partial charge >= 0.3 is 0 Å². The zero-order chi connectivity index (χ0) is 13.9. The van der Waals surface area contributed by atoms with E-state index in [0.717, 1.165) is 24.6 Å². The molecule has 0 bridgehead atoms. The molecule has 0 aromatic heterocycles. The van der Waals surface area contributed by atoms with Crippen LogP contribution in [0.5, 0.6) is 5.75 Å². The Morgan fingerprint density at radius 2 is 2.20 bits per heavy atom. The van der Waals surface area contributed by atoms with Crippen LogP contribution in [0.25, 0.3) is 0 Å². The summed E-state index contributed by atoms with van der Waals surface area (Å²) >= 11 is 0. The second-order valence-corrected chi connectivity index (χ2v) is 6.54. The Balaban J connectivity index is 1.73. The van der Waals surface area contributed by atoms with Gasteiger partial charge in [-0.15, -0.1) is 0 Å². The van der Waals surface area contributed by atoms with Crippen LogP contribution in [0.2, 0.25) is 0 Å². The normalized spacial score (nSPS) is 23.0. The van der Waals surface area contributed by atoms with Crippen LogP contribution < -0.4 is 10.1 Å². The maximum Gasteiger partial charge on any atom is 0.123 e. The fourth-order valence-electron chi connectivity index (χ4n) is 3.38. The monoisotopic (exact) mass is 273 g/mol. The third-order valence-electron chi connectivity index (χ3n) is 4.76. The van der Waals surface area contributed by atoms with Crippen molar-refractivity contribution in [3.8, 4) is 5.75 Å². The van der Waals surface area contributed by atoms with Crippen LogP contribution in [0, 0.1) is 5.92 Å². The number of hydrogen-bond donors (Lipinski definition) is 1. The van der Waals surface area contributed by atoms with Crippen LogP contribution in [0.1, 0.15) is 63.1 Å². The van der Waals surface area contributed by atoms with Crippen molar-refractivity contribution >= 4 is 0 Å². The Bertz CT molecular complexity index is 453. The van der Waals surface area contributed by atoms with Gasteiger partial charge in [0.15, 0.2) is 0 Å². The van der Waals surface area contributed by atoms with Gasteiger partial charge in [0.1, 0.15) is 11.9 Å². The molecule has 0 amide bonds. The van der Waals surface area contributed by atoms with Crippen molar-refractivity contribution in [3.05, 3.63) is 29.3 Å². The molecule has 0 radical (unpaired) electrons. The van der Waals surface area contributed by atoms with Crippen LogP contribution in [0.15, 0.2) is 18.2 Å². The molecule has 1 aromatic carbocycles. The molecule has 20 heavy (non-hydrogen) atoms. The molecule has 1 aliphatic carbocycles. The van der Waals surface area contributed by atoms with Gasteiger partial charge in [-0.05, 0) is 49.4 Å². The molecule has 1 saturated carbocycles. The fourth-order valence-corrected chi connectivity index (χ4v) is 3.38. The van der Waals surface area contributed by atoms with Gasteiger partial charge in [0, 0.05) is 12.5 Å². The van der Waals surface area contributed by atoms with Gasteiger partial charge in [-0.3, -0.25) is 0 Å². The summed E-state index contributed by atoms with van der Waals surface area (Å²) in [5.74, 6) is 2.03. The first-order valence-corrected chi connectivity index (χ1v) is 8.29. The lowest BCUT2D eigenvalue weighted by molar-refractivity contribution is 0.254. The molecule has 0 spiro atoms. The standard InChI is InChI=1S/C18H27NO/c1-3-9-19-17(11-14-5-4-6-14)15-7-8-18-16(12-15)10-13(2)20-18/h7-8,12-14,17,19H,3-6,9-11H2,1-2H3. The molecule has 2 unspecified atom stereocenters. The van der Waals surface area contributed by atoms with E-state index in [9.17, 15) is 0 Å². The molecule has 2 nitrogen and oxygen atoms in total. The first-order chi connectivity index (χ1) is 9.76. The van der Waals surface area contributed by atoms with Crippen LogP contribution >= 0.6 is 0 Å². The van der Waals surface area contributed by atoms with E-state index in [1.807, 2.05) is 0 Å². The van der Waals surface area contributed by atoms with Gasteiger partial charge < -0.3 is 10.1 Å². The molecule has 1 N–H and O–H groups in total. The highest BCUT2D eigenvalue weighted by atomic mass is 16.5. The Kier molecular flexibility index (Phi) is 4.30. The van der Waals surface area contributed by atoms with E-state index in [1.165, 1.54) is 43.2 Å². The van der Waals surface area contributed by atoms with E-state index in [4.69, 9.17) is 4.74 Å². The minimum atomic E-state index is 0.342. The predicted octanol–water partition coefficient (Wildman–Crippen LogP) is 4.24. The molecular weight excluding hydrogens is 246 g/mol. The molecule has 2 aliphatic rings. The predicted molar refractivity (Wildman–Crippen MR) is 83.2 cm³/mol. The first-order valence-electron chi connectivity index (χ1n) is 8.29. The number of fused-ring (bicyclic) bond motifs is 1. The van der Waals surface area contributed by atoms with Gasteiger partial charge in [0.05, 0.1) is 0 Å². The van der Waals surface area contributed by atoms with E-state index in [1.54, 1.807) is 0 Å². The summed E-state index contributed by atoms with van der Waals surface area (Å²) in [6.07, 6.45) is 8.19. The van der Waals surface area contributed by atoms with Crippen LogP contribution in [-0.4, -0.2) is 12.6 Å². The smallest absolute Gasteiger partial charge is 0.123 e. The Morgan fingerprint density at radius 1 is 1.35 bits per heavy atom. The summed E-state index contributed by atoms with van der Waals surface area (Å²) in [7, 11) is 0. The summed E-state index contributed by atoms with van der Waals surface area (Å²) in [5.41, 5.74) is 2.86. The molecule has 1 heterocycles. The first kappa shape index (κ1) is 13.9. The van der Waals surface area contributed by atoms with Crippen molar-refractivity contribution in [1.82, 2.24) is 5.32 Å². The van der Waals surface area contributed by atoms with Gasteiger partial charge in [-0.25, -0.2) is 0 Å². The Labute approximate surface area is 122 Å². The fraction of sp³-hybridized carbons (Fsp3) is 0.667. The number of nitrogens with one attached hydrogen (secondary N) is 1. The third kappa shape index (κ3) is 3.01. The number of rotatable bonds is 6. The lowest BCUT2D eigenvalue weighted by Crippen LogP contribution is -2.26. The minimum absolute atomic E-state index is 0.342. The highest BCUT2D eigenvalue weighted by Gasteiger charge is 2.25. The zero-order valence-corrected chi connectivity index (χ0v) is 12.8. The molecule has 1 aliphatic heterocycles. The van der Waals surface area contributed by atoms with Gasteiger partial charge in [-0.1, -0.05) is 38.3 Å². The molecule has 2 heteroatoms. The van der Waals surface area contributed by atoms with Crippen LogP contribution in [-0.2, 0) is 6.42 Å². The van der Waals surface area contributed by atoms with Crippen LogP contribution in [0.3, 0.4) is 0 Å². The number of ether oxygens (including phenoxy) is 1. The molecular formula is C18H27NO. The van der Waals surface area contributed by atoms with Crippen molar-refractivity contribution in [3.63, 3.8) is 0 Å². The van der Waals surface area contributed by atoms with Crippen LogP contribution in [0.4, 0.5) is 0 Å². The molecule has 110 valence electrons. The average molecular weight is 273 g/mol. The van der Waals surface area contributed by atoms with Crippen molar-refractivity contribution in [2.24, 2.45) is 5.92 Å². The Morgan fingerprint density at radius 3 is 2.90 bits per heavy atom. The molecule has 3 rings (SSSR count). The largest absolute Gasteiger partial charge is 0.490 e. The SMILES string of the molecule is CCCNC(CC1CCC1)c1ccc2c(c1)CC(C)O2. The summed E-state index contributed by atoms with van der Waals surface area (Å²) < 4.78 is 5.82. The summed E-state index contributed by atoms with van der Waals surface area (Å²) in [5, 5.41) is 3.75. The van der Waals surface area contributed by atoms with E-state index < -0.39 is 0 Å². The van der Waals surface area contributed by atoms with Crippen molar-refractivity contribution in [1.29, 1.82) is 0 Å². The quantitative estimate of drug-likeness (QED) is 0.837. The maximum atomic E-state index is 5.82. The van der Waals surface area contributed by atoms with Crippen molar-refractivity contribution in [2.45, 2.75) is 64.5 Å². The second-order valence-electron chi connectivity index (χ2n) is 6.54. The van der Waals surface area contributed by atoms with E-state index >= 15 is 0 Å². The second kappa shape index (κ2) is 6.17. The average Bonchev–Trinajstić information content (AvgIpc) is 2.76. The van der Waals surface area contributed by atoms with E-state index in [2.05, 4.69) is 37.4 Å². The third-order valence-corrected chi connectivity index (χ3v) is 4.76. The molecule has 2 atom stereocenters. The lowest BCUT2D eigenvalue weighted by Gasteiger charge is -2.30. The summed E-state index contributed by atoms with van der Waals surface area (Å²) in [6.45, 7) is 5.51. The zero-order valence-electron chi connectivity index (χ0n) is 12.8. The number of benzene rings is 1. The molecule has 1 aromatic rings. The van der Waals surface area contributed by atoms with Crippen molar-refractivity contribution in [2.75, 3.05) is 6.54 Å². The highest BCUT2D eigenvalue weighted by Crippen LogP contribution is 2.37. The number of hydrogen-bond acceptors (Lipinski definition) is 2. The minimum Gasteiger partial charge on any atom is -0.490 e. The lowest BCUT2D eigenvalue weighted by atomic mass is 9.79. The van der Waals surface area contributed by atoms with E-state index in [0.29, 0.717) is 12.1 Å². The molecule has 0 saturated heterocycles. The highest BCUT2D eigenvalue weighted by molar-refractivity contribution is 5.41. The van der Waals surface area contributed by atoms with Crippen molar-refractivity contribution < 1.29 is 4.74 Å². The van der Waals surface area contributed by atoms with Gasteiger partial charge in [-0.2, -0.15) is 0 Å². The topological polar surface area (TPSA) is 21.3 Å². The summed E-state index contributed by atoms with van der Waals surface area (Å²) in [6, 6.07) is 7.35. The maximum absolute atomic E-state index is 5.82. The van der Waals surface area contributed by atoms with Gasteiger partial charge in [0.2, 0.25) is 0 Å².